The minimum Gasteiger partial charge on any atom is -0.475 e. The number of halogens is 6. The Morgan fingerprint density at radius 3 is 2.03 bits per heavy atom. The quantitative estimate of drug-likeness (QED) is 0.396. The topological polar surface area (TPSA) is 97.2 Å². The third kappa shape index (κ3) is 12.9. The maximum atomic E-state index is 10.6. The molecule has 3 rings (SSSR count). The summed E-state index contributed by atoms with van der Waals surface area (Å²) in [6.07, 6.45) is -6.33. The van der Waals surface area contributed by atoms with Gasteiger partial charge in [-0.25, -0.2) is 14.6 Å². The number of thiazole rings is 1. The van der Waals surface area contributed by atoms with Gasteiger partial charge in [0.15, 0.2) is 5.13 Å². The fourth-order valence-electron chi connectivity index (χ4n) is 3.14. The summed E-state index contributed by atoms with van der Waals surface area (Å²) >= 11 is 1.83. The number of aromatic nitrogens is 1. The van der Waals surface area contributed by atoms with Crippen molar-refractivity contribution in [2.75, 3.05) is 58.3 Å². The van der Waals surface area contributed by atoms with Crippen molar-refractivity contribution in [3.63, 3.8) is 0 Å². The van der Waals surface area contributed by atoms with E-state index in [2.05, 4.69) is 53.1 Å². The van der Waals surface area contributed by atoms with Crippen molar-refractivity contribution in [1.82, 2.24) is 14.8 Å². The highest BCUT2D eigenvalue weighted by molar-refractivity contribution is 7.22. The highest BCUT2D eigenvalue weighted by Crippen LogP contribution is 2.29. The van der Waals surface area contributed by atoms with Crippen molar-refractivity contribution in [3.05, 3.63) is 24.3 Å². The van der Waals surface area contributed by atoms with E-state index in [-0.39, 0.29) is 0 Å². The van der Waals surface area contributed by atoms with Crippen molar-refractivity contribution >= 4 is 38.6 Å². The molecule has 0 amide bonds. The predicted molar refractivity (Wildman–Crippen MR) is 128 cm³/mol. The van der Waals surface area contributed by atoms with Crippen molar-refractivity contribution < 1.29 is 46.1 Å². The molecular weight excluding hydrogens is 530 g/mol. The number of carboxylic acids is 2. The van der Waals surface area contributed by atoms with E-state index in [9.17, 15) is 26.3 Å². The van der Waals surface area contributed by atoms with Crippen LogP contribution in [0.4, 0.5) is 31.5 Å². The molecule has 1 aliphatic rings. The fraction of sp³-hybridized carbons (Fsp3) is 0.591. The zero-order valence-corrected chi connectivity index (χ0v) is 21.2. The van der Waals surface area contributed by atoms with Gasteiger partial charge in [-0.05, 0) is 65.1 Å². The maximum Gasteiger partial charge on any atom is 0.490 e. The summed E-state index contributed by atoms with van der Waals surface area (Å²) in [5.74, 6) is -5.51. The molecule has 1 aromatic heterocycles. The van der Waals surface area contributed by atoms with Crippen LogP contribution < -0.4 is 4.90 Å². The Hall–Kier alpha value is -2.65. The monoisotopic (exact) mass is 560 g/mol. The second kappa shape index (κ2) is 14.9. The van der Waals surface area contributed by atoms with Gasteiger partial charge >= 0.3 is 24.3 Å². The van der Waals surface area contributed by atoms with Gasteiger partial charge in [0.1, 0.15) is 0 Å². The van der Waals surface area contributed by atoms with Crippen molar-refractivity contribution in [2.24, 2.45) is 0 Å². The largest absolute Gasteiger partial charge is 0.490 e. The number of hydrogen-bond acceptors (Lipinski definition) is 7. The molecule has 1 aliphatic heterocycles. The lowest BCUT2D eigenvalue weighted by atomic mass is 10.2. The number of anilines is 1. The lowest BCUT2D eigenvalue weighted by Crippen LogP contribution is -2.31. The van der Waals surface area contributed by atoms with E-state index >= 15 is 0 Å². The smallest absolute Gasteiger partial charge is 0.475 e. The predicted octanol–water partition coefficient (Wildman–Crippen LogP) is 4.42. The third-order valence-corrected chi connectivity index (χ3v) is 6.05. The summed E-state index contributed by atoms with van der Waals surface area (Å²) in [6, 6.07) is 8.46. The lowest BCUT2D eigenvalue weighted by molar-refractivity contribution is -0.193. The molecule has 2 heterocycles. The van der Waals surface area contributed by atoms with Gasteiger partial charge < -0.3 is 24.9 Å². The molecule has 0 spiro atoms. The number of carboxylic acid groups (broad SMARTS) is 2. The van der Waals surface area contributed by atoms with E-state index in [4.69, 9.17) is 24.8 Å². The van der Waals surface area contributed by atoms with E-state index in [1.54, 1.807) is 0 Å². The van der Waals surface area contributed by atoms with Gasteiger partial charge in [-0.15, -0.1) is 0 Å². The minimum absolute atomic E-state index is 1.10. The Labute approximate surface area is 214 Å². The summed E-state index contributed by atoms with van der Waals surface area (Å²) in [6.45, 7) is 7.07. The number of hydrogen-bond donors (Lipinski definition) is 2. The van der Waals surface area contributed by atoms with Crippen LogP contribution in [0.3, 0.4) is 0 Å². The van der Waals surface area contributed by atoms with Gasteiger partial charge in [0, 0.05) is 19.6 Å². The van der Waals surface area contributed by atoms with Crippen LogP contribution in [0, 0.1) is 0 Å². The second-order valence-corrected chi connectivity index (χ2v) is 9.27. The van der Waals surface area contributed by atoms with Crippen LogP contribution >= 0.6 is 11.3 Å². The average Bonchev–Trinajstić information content (AvgIpc) is 3.07. The number of benzene rings is 1. The molecule has 0 aliphatic carbocycles. The summed E-state index contributed by atoms with van der Waals surface area (Å²) in [4.78, 5) is 30.0. The number of para-hydroxylation sites is 1. The van der Waals surface area contributed by atoms with Gasteiger partial charge in [0.05, 0.1) is 10.2 Å². The van der Waals surface area contributed by atoms with Crippen molar-refractivity contribution in [3.8, 4) is 0 Å². The van der Waals surface area contributed by atoms with Gasteiger partial charge in [-0.3, -0.25) is 0 Å². The Morgan fingerprint density at radius 1 is 0.946 bits per heavy atom. The van der Waals surface area contributed by atoms with Crippen LogP contribution in [0.15, 0.2) is 24.3 Å². The Bertz CT molecular complexity index is 927. The zero-order chi connectivity index (χ0) is 28.2. The zero-order valence-electron chi connectivity index (χ0n) is 20.3. The fourth-order valence-corrected chi connectivity index (χ4v) is 4.16. The van der Waals surface area contributed by atoms with E-state index in [0.717, 1.165) is 25.2 Å². The molecule has 0 unspecified atom stereocenters. The van der Waals surface area contributed by atoms with Crippen LogP contribution in [0.25, 0.3) is 10.2 Å². The molecular formula is C22H30F6N4O4S. The highest BCUT2D eigenvalue weighted by Gasteiger charge is 2.38. The SMILES string of the molecule is CN(C)CCCCN1CCCN(c2nc3ccccc3s2)CC1.O=C(O)C(F)(F)F.O=C(O)C(F)(F)F. The number of fused-ring (bicyclic) bond motifs is 1. The Morgan fingerprint density at radius 2 is 1.51 bits per heavy atom. The van der Waals surface area contributed by atoms with Crippen LogP contribution in [0.5, 0.6) is 0 Å². The molecule has 0 saturated carbocycles. The first-order chi connectivity index (χ1) is 17.1. The molecule has 210 valence electrons. The molecule has 37 heavy (non-hydrogen) atoms. The molecule has 0 bridgehead atoms. The molecule has 15 heteroatoms. The second-order valence-electron chi connectivity index (χ2n) is 8.26. The van der Waals surface area contributed by atoms with E-state index in [1.807, 2.05) is 11.3 Å². The molecule has 2 aromatic rings. The standard InChI is InChI=1S/C18H28N4S.2C2HF3O2/c1-20(2)10-5-6-11-21-12-7-13-22(15-14-21)18-19-16-8-3-4-9-17(16)23-18;2*3-2(4,5)1(6)7/h3-4,8-9H,5-7,10-15H2,1-2H3;2*(H,6,7). The molecule has 1 aromatic carbocycles. The summed E-state index contributed by atoms with van der Waals surface area (Å²) in [7, 11) is 4.31. The number of rotatable bonds is 6. The summed E-state index contributed by atoms with van der Waals surface area (Å²) < 4.78 is 64.8. The molecule has 1 fully saturated rings. The van der Waals surface area contributed by atoms with Gasteiger partial charge in [0.2, 0.25) is 0 Å². The molecule has 8 nitrogen and oxygen atoms in total. The van der Waals surface area contributed by atoms with Gasteiger partial charge in [0.25, 0.3) is 0 Å². The number of unbranched alkanes of at least 4 members (excludes halogenated alkanes) is 1. The maximum absolute atomic E-state index is 10.6. The van der Waals surface area contributed by atoms with E-state index in [0.29, 0.717) is 0 Å². The first-order valence-corrected chi connectivity index (χ1v) is 12.0. The van der Waals surface area contributed by atoms with E-state index in [1.165, 1.54) is 48.7 Å². The van der Waals surface area contributed by atoms with Crippen molar-refractivity contribution in [1.29, 1.82) is 0 Å². The van der Waals surface area contributed by atoms with Crippen LogP contribution in [0.1, 0.15) is 19.3 Å². The molecule has 1 saturated heterocycles. The van der Waals surface area contributed by atoms with Gasteiger partial charge in [-0.1, -0.05) is 23.5 Å². The molecule has 2 N–H and O–H groups in total. The number of carbonyl (C=O) groups is 2. The van der Waals surface area contributed by atoms with Crippen LogP contribution in [0.2, 0.25) is 0 Å². The summed E-state index contributed by atoms with van der Waals surface area (Å²) in [5.41, 5.74) is 1.14. The molecule has 0 radical (unpaired) electrons. The first kappa shape index (κ1) is 32.4. The lowest BCUT2D eigenvalue weighted by Gasteiger charge is -2.21. The van der Waals surface area contributed by atoms with E-state index < -0.39 is 24.3 Å². The first-order valence-electron chi connectivity index (χ1n) is 11.2. The average molecular weight is 561 g/mol. The minimum atomic E-state index is -5.08. The normalized spacial score (nSPS) is 14.9. The summed E-state index contributed by atoms with van der Waals surface area (Å²) in [5, 5.41) is 15.4. The van der Waals surface area contributed by atoms with Gasteiger partial charge in [-0.2, -0.15) is 26.3 Å². The third-order valence-electron chi connectivity index (χ3n) is 4.96. The number of aliphatic carboxylic acids is 2. The Balaban J connectivity index is 0.000000404. The van der Waals surface area contributed by atoms with Crippen molar-refractivity contribution in [2.45, 2.75) is 31.6 Å². The number of nitrogens with zero attached hydrogens (tertiary/aromatic N) is 4. The molecule has 0 atom stereocenters. The van der Waals surface area contributed by atoms with Crippen LogP contribution in [-0.2, 0) is 9.59 Å². The Kier molecular flexibility index (Phi) is 13.1. The number of alkyl halides is 6. The highest BCUT2D eigenvalue weighted by atomic mass is 32.1. The van der Waals surface area contributed by atoms with Crippen LogP contribution in [-0.4, -0.2) is 103 Å².